The molecule has 0 spiro atoms. The van der Waals surface area contributed by atoms with Crippen LogP contribution >= 0.6 is 26.7 Å². The number of hydrogen-bond acceptors (Lipinski definition) is 0. The van der Waals surface area contributed by atoms with Crippen molar-refractivity contribution in [3.8, 4) is 0 Å². The van der Waals surface area contributed by atoms with Gasteiger partial charge in [-0.25, -0.2) is 0 Å². The Morgan fingerprint density at radius 2 is 1.20 bits per heavy atom. The van der Waals surface area contributed by atoms with Crippen LogP contribution in [0.5, 0.6) is 0 Å². The van der Waals surface area contributed by atoms with Gasteiger partial charge in [-0.1, -0.05) is 0 Å². The molecule has 0 fully saturated rings. The van der Waals surface area contributed by atoms with E-state index < -0.39 is 21.8 Å². The second kappa shape index (κ2) is 16.2. The van der Waals surface area contributed by atoms with Crippen molar-refractivity contribution in [3.05, 3.63) is 0 Å². The summed E-state index contributed by atoms with van der Waals surface area (Å²) >= 11 is 1.34. The molecule has 0 aromatic heterocycles. The average Bonchev–Trinajstić information content (AvgIpc) is 1.46. The van der Waals surface area contributed by atoms with Crippen molar-refractivity contribution in [2.45, 2.75) is 0 Å². The van der Waals surface area contributed by atoms with Gasteiger partial charge in [-0.2, -0.15) is 0 Å². The molecule has 0 unspecified atom stereocenters. The van der Waals surface area contributed by atoms with Crippen LogP contribution in [0.15, 0.2) is 0 Å². The predicted octanol–water partition coefficient (Wildman–Crippen LogP) is 2.06. The molecule has 0 saturated carbocycles. The molecule has 0 aromatic carbocycles. The first-order chi connectivity index (χ1) is 2.41. The van der Waals surface area contributed by atoms with Crippen molar-refractivity contribution in [1.82, 2.24) is 0 Å². The third kappa shape index (κ3) is 22.0. The van der Waals surface area contributed by atoms with E-state index in [1.165, 1.54) is 0 Å². The van der Waals surface area contributed by atoms with Crippen LogP contribution in [0.25, 0.3) is 0 Å². The van der Waals surface area contributed by atoms with Gasteiger partial charge in [0.05, 0.1) is 0 Å². The Balaban J connectivity index is 0. The van der Waals surface area contributed by atoms with Crippen LogP contribution in [0.4, 0.5) is 0 Å². The summed E-state index contributed by atoms with van der Waals surface area (Å²) in [6.07, 6.45) is 0. The van der Waals surface area contributed by atoms with Gasteiger partial charge in [-0.3, -0.25) is 0 Å². The molecule has 0 radical (unpaired) electrons. The Bertz CT molecular complexity index is 6.85. The summed E-state index contributed by atoms with van der Waals surface area (Å²) in [5, 5.41) is 0. The molecule has 0 nitrogen and oxygen atoms in total. The first-order valence-electron chi connectivity index (χ1n) is 0.677. The zero-order valence-corrected chi connectivity index (χ0v) is 9.70. The van der Waals surface area contributed by atoms with Gasteiger partial charge in [0.1, 0.15) is 0 Å². The Morgan fingerprint density at radius 3 is 1.20 bits per heavy atom. The molecule has 5 heteroatoms. The fraction of sp³-hybridized carbons (Fsp3) is 0. The molecule has 0 aliphatic rings. The summed E-state index contributed by atoms with van der Waals surface area (Å²) in [5.74, 6) is 0. The van der Waals surface area contributed by atoms with Gasteiger partial charge in [-0.05, 0) is 0 Å². The average molecular weight is 274 g/mol. The van der Waals surface area contributed by atoms with Crippen molar-refractivity contribution >= 4 is 26.7 Å². The zero-order valence-electron chi connectivity index (χ0n) is 2.22. The fourth-order valence-corrected chi connectivity index (χ4v) is 0. The van der Waals surface area contributed by atoms with Gasteiger partial charge in [0.25, 0.3) is 0 Å². The van der Waals surface area contributed by atoms with Gasteiger partial charge in [-0.15, -0.1) is 0 Å². The van der Waals surface area contributed by atoms with Gasteiger partial charge >= 0.3 is 63.6 Å². The molecule has 0 bridgehead atoms. The summed E-state index contributed by atoms with van der Waals surface area (Å²) in [7, 11) is 14.4. The van der Waals surface area contributed by atoms with Crippen LogP contribution in [0.1, 0.15) is 0 Å². The van der Waals surface area contributed by atoms with Crippen molar-refractivity contribution in [1.29, 1.82) is 0 Å². The second-order valence-electron chi connectivity index (χ2n) is 0.101. The monoisotopic (exact) mass is 274 g/mol. The van der Waals surface area contributed by atoms with Crippen LogP contribution in [0, 0.1) is 0 Å². The first-order valence-corrected chi connectivity index (χ1v) is 12.5. The van der Waals surface area contributed by atoms with Crippen molar-refractivity contribution in [2.24, 2.45) is 0 Å². The molecule has 0 amide bonds. The fourth-order valence-electron chi connectivity index (χ4n) is 0. The Morgan fingerprint density at radius 1 is 1.20 bits per heavy atom. The van der Waals surface area contributed by atoms with E-state index >= 15 is 0 Å². The third-order valence-electron chi connectivity index (χ3n) is 0. The first kappa shape index (κ1) is 10.3. The van der Waals surface area contributed by atoms with E-state index in [9.17, 15) is 0 Å². The van der Waals surface area contributed by atoms with Crippen molar-refractivity contribution in [2.75, 3.05) is 0 Å². The molecule has 0 N–H and O–H groups in total. The van der Waals surface area contributed by atoms with Crippen LogP contribution < -0.4 is 0 Å². The van der Waals surface area contributed by atoms with Crippen molar-refractivity contribution < 1.29 is 36.9 Å². The molecule has 0 heterocycles. The quantitative estimate of drug-likeness (QED) is 0.593. The SMILES string of the molecule is [Cl][Cd][Cl].[Cl][Mn]. The predicted molar refractivity (Wildman–Crippen MR) is 17.6 cm³/mol. The number of rotatable bonds is 0. The minimum atomic E-state index is -1.07. The van der Waals surface area contributed by atoms with E-state index in [0.29, 0.717) is 0 Å². The van der Waals surface area contributed by atoms with Gasteiger partial charge < -0.3 is 0 Å². The Kier molecular flexibility index (Phi) is 33.5. The molecule has 0 aromatic rings. The van der Waals surface area contributed by atoms with Gasteiger partial charge in [0.15, 0.2) is 0 Å². The zero-order chi connectivity index (χ0) is 4.71. The summed E-state index contributed by atoms with van der Waals surface area (Å²) in [6, 6.07) is 0. The normalized spacial score (nSPS) is 3.20. The Labute approximate surface area is 62.7 Å². The van der Waals surface area contributed by atoms with Gasteiger partial charge in [0, 0.05) is 0 Å². The van der Waals surface area contributed by atoms with E-state index in [4.69, 9.17) is 16.6 Å². The molecule has 0 rings (SSSR count). The third-order valence-corrected chi connectivity index (χ3v) is 0. The summed E-state index contributed by atoms with van der Waals surface area (Å²) in [5.41, 5.74) is 0. The van der Waals surface area contributed by atoms with Crippen LogP contribution in [-0.2, 0) is 36.9 Å². The van der Waals surface area contributed by atoms with Crippen LogP contribution in [0.3, 0.4) is 0 Å². The summed E-state index contributed by atoms with van der Waals surface area (Å²) in [6.45, 7) is 0. The molecule has 0 aliphatic carbocycles. The number of hydrogen-bond donors (Lipinski definition) is 0. The van der Waals surface area contributed by atoms with Crippen LogP contribution in [-0.4, -0.2) is 0 Å². The minimum absolute atomic E-state index is 1.07. The van der Waals surface area contributed by atoms with Crippen LogP contribution in [0.2, 0.25) is 0 Å². The van der Waals surface area contributed by atoms with E-state index in [1.807, 2.05) is 0 Å². The second-order valence-corrected chi connectivity index (χ2v) is 6.10. The molecule has 0 atom stereocenters. The standard InChI is InChI=1S/Cd.3ClH.Mn/h;3*1H;/q+2;;;;+1/p-3. The molecular formula is CdCl3Mn. The molecule has 0 saturated heterocycles. The maximum atomic E-state index is 4.97. The number of halogens is 3. The van der Waals surface area contributed by atoms with Crippen molar-refractivity contribution in [3.63, 3.8) is 0 Å². The van der Waals surface area contributed by atoms with Gasteiger partial charge in [0.2, 0.25) is 0 Å². The molecule has 30 valence electrons. The van der Waals surface area contributed by atoms with E-state index in [-0.39, 0.29) is 0 Å². The maximum absolute atomic E-state index is 4.97. The topological polar surface area (TPSA) is 0 Å². The summed E-state index contributed by atoms with van der Waals surface area (Å²) < 4.78 is 0. The molecular weight excluding hydrogens is 274 g/mol. The molecule has 5 heavy (non-hydrogen) atoms. The van der Waals surface area contributed by atoms with E-state index in [1.54, 1.807) is 0 Å². The Hall–Kier alpha value is 2.31. The molecule has 0 aliphatic heterocycles. The van der Waals surface area contributed by atoms with E-state index in [2.05, 4.69) is 25.2 Å². The summed E-state index contributed by atoms with van der Waals surface area (Å²) in [4.78, 5) is 0. The van der Waals surface area contributed by atoms with E-state index in [0.717, 1.165) is 0 Å².